The minimum atomic E-state index is -0.158. The molecule has 1 amide bonds. The molecule has 0 saturated heterocycles. The number of amides is 1. The number of nitrogens with one attached hydrogen (secondary N) is 1. The summed E-state index contributed by atoms with van der Waals surface area (Å²) in [5.74, 6) is 0.463. The molecule has 110 valence electrons. The molecule has 5 heteroatoms. The van der Waals surface area contributed by atoms with E-state index in [1.54, 1.807) is 24.3 Å². The molecule has 2 aromatic rings. The Labute approximate surface area is 137 Å². The summed E-state index contributed by atoms with van der Waals surface area (Å²) in [6, 6.07) is 14.9. The fourth-order valence-corrected chi connectivity index (χ4v) is 2.23. The van der Waals surface area contributed by atoms with Crippen molar-refractivity contribution in [3.05, 3.63) is 64.7 Å². The molecule has 0 saturated carbocycles. The molecule has 0 aliphatic heterocycles. The van der Waals surface area contributed by atoms with Gasteiger partial charge in [0.15, 0.2) is 6.61 Å². The van der Waals surface area contributed by atoms with E-state index in [2.05, 4.69) is 27.3 Å². The summed E-state index contributed by atoms with van der Waals surface area (Å²) in [5.41, 5.74) is 2.24. The topological polar surface area (TPSA) is 38.3 Å². The van der Waals surface area contributed by atoms with Gasteiger partial charge in [-0.3, -0.25) is 4.79 Å². The van der Waals surface area contributed by atoms with Crippen molar-refractivity contribution in [3.8, 4) is 5.75 Å². The Morgan fingerprint density at radius 1 is 1.14 bits per heavy atom. The second kappa shape index (κ2) is 8.05. The summed E-state index contributed by atoms with van der Waals surface area (Å²) < 4.78 is 5.38. The Bertz CT molecular complexity index is 601. The molecular weight excluding hydrogens is 354 g/mol. The zero-order valence-corrected chi connectivity index (χ0v) is 13.7. The zero-order chi connectivity index (χ0) is 15.1. The lowest BCUT2D eigenvalue weighted by molar-refractivity contribution is -0.123. The van der Waals surface area contributed by atoms with E-state index in [0.717, 1.165) is 10.9 Å². The maximum atomic E-state index is 11.7. The first-order valence-electron chi connectivity index (χ1n) is 6.46. The number of alkyl halides is 1. The highest BCUT2D eigenvalue weighted by molar-refractivity contribution is 9.08. The highest BCUT2D eigenvalue weighted by Crippen LogP contribution is 2.15. The summed E-state index contributed by atoms with van der Waals surface area (Å²) in [4.78, 5) is 11.7. The van der Waals surface area contributed by atoms with E-state index in [1.807, 2.05) is 18.2 Å². The number of halogens is 2. The van der Waals surface area contributed by atoms with Crippen LogP contribution in [-0.2, 0) is 16.7 Å². The average molecular weight is 369 g/mol. The van der Waals surface area contributed by atoms with Crippen LogP contribution in [0.2, 0.25) is 5.02 Å². The molecule has 0 radical (unpaired) electrons. The molecule has 0 aliphatic rings. The predicted octanol–water partition coefficient (Wildman–Crippen LogP) is 3.93. The number of hydrogen-bond donors (Lipinski definition) is 1. The summed E-state index contributed by atoms with van der Waals surface area (Å²) in [5, 5.41) is 4.26. The van der Waals surface area contributed by atoms with Crippen LogP contribution in [0.5, 0.6) is 5.75 Å². The number of rotatable bonds is 6. The highest BCUT2D eigenvalue weighted by atomic mass is 79.9. The van der Waals surface area contributed by atoms with E-state index in [9.17, 15) is 4.79 Å². The van der Waals surface area contributed by atoms with Crippen molar-refractivity contribution in [3.63, 3.8) is 0 Å². The third kappa shape index (κ3) is 5.40. The molecule has 2 rings (SSSR count). The van der Waals surface area contributed by atoms with Crippen LogP contribution in [0.15, 0.2) is 48.5 Å². The van der Waals surface area contributed by atoms with Crippen molar-refractivity contribution in [2.75, 3.05) is 6.61 Å². The van der Waals surface area contributed by atoms with Gasteiger partial charge in [-0.05, 0) is 35.4 Å². The Balaban J connectivity index is 1.78. The van der Waals surface area contributed by atoms with Crippen LogP contribution in [0.1, 0.15) is 11.1 Å². The standard InChI is InChI=1S/C16H15BrClNO2/c17-9-12-2-1-3-13(8-12)10-19-16(20)11-21-15-6-4-14(18)5-7-15/h1-8H,9-11H2,(H,19,20). The van der Waals surface area contributed by atoms with Gasteiger partial charge in [-0.25, -0.2) is 0 Å². The van der Waals surface area contributed by atoms with Crippen LogP contribution in [0.4, 0.5) is 0 Å². The first kappa shape index (κ1) is 15.9. The van der Waals surface area contributed by atoms with Crippen molar-refractivity contribution in [2.24, 2.45) is 0 Å². The molecule has 0 spiro atoms. The summed E-state index contributed by atoms with van der Waals surface area (Å²) in [6.45, 7) is 0.476. The lowest BCUT2D eigenvalue weighted by atomic mass is 10.1. The van der Waals surface area contributed by atoms with Gasteiger partial charge in [-0.15, -0.1) is 0 Å². The molecule has 0 heterocycles. The zero-order valence-electron chi connectivity index (χ0n) is 11.3. The molecule has 0 aromatic heterocycles. The molecule has 0 atom stereocenters. The van der Waals surface area contributed by atoms with Gasteiger partial charge >= 0.3 is 0 Å². The summed E-state index contributed by atoms with van der Waals surface area (Å²) >= 11 is 9.19. The van der Waals surface area contributed by atoms with Crippen molar-refractivity contribution < 1.29 is 9.53 Å². The van der Waals surface area contributed by atoms with Crippen LogP contribution in [0.25, 0.3) is 0 Å². The van der Waals surface area contributed by atoms with Gasteiger partial charge in [-0.1, -0.05) is 51.8 Å². The van der Waals surface area contributed by atoms with Gasteiger partial charge in [0, 0.05) is 16.9 Å². The average Bonchev–Trinajstić information content (AvgIpc) is 2.52. The molecule has 0 bridgehead atoms. The maximum Gasteiger partial charge on any atom is 0.258 e. The van der Waals surface area contributed by atoms with Crippen LogP contribution >= 0.6 is 27.5 Å². The largest absolute Gasteiger partial charge is 0.484 e. The van der Waals surface area contributed by atoms with Gasteiger partial charge in [0.25, 0.3) is 5.91 Å². The monoisotopic (exact) mass is 367 g/mol. The lowest BCUT2D eigenvalue weighted by Crippen LogP contribution is -2.28. The first-order valence-corrected chi connectivity index (χ1v) is 7.96. The molecular formula is C16H15BrClNO2. The Morgan fingerprint density at radius 3 is 2.57 bits per heavy atom. The third-order valence-electron chi connectivity index (χ3n) is 2.82. The van der Waals surface area contributed by atoms with Gasteiger partial charge in [0.1, 0.15) is 5.75 Å². The molecule has 0 unspecified atom stereocenters. The van der Waals surface area contributed by atoms with Crippen LogP contribution < -0.4 is 10.1 Å². The van der Waals surface area contributed by atoms with Crippen molar-refractivity contribution in [2.45, 2.75) is 11.9 Å². The normalized spacial score (nSPS) is 10.2. The molecule has 0 aliphatic carbocycles. The SMILES string of the molecule is O=C(COc1ccc(Cl)cc1)NCc1cccc(CBr)c1. The van der Waals surface area contributed by atoms with Gasteiger partial charge in [-0.2, -0.15) is 0 Å². The fourth-order valence-electron chi connectivity index (χ4n) is 1.75. The van der Waals surface area contributed by atoms with E-state index in [0.29, 0.717) is 17.3 Å². The van der Waals surface area contributed by atoms with E-state index in [-0.39, 0.29) is 12.5 Å². The molecule has 1 N–H and O–H groups in total. The van der Waals surface area contributed by atoms with E-state index in [1.165, 1.54) is 5.56 Å². The predicted molar refractivity (Wildman–Crippen MR) is 87.9 cm³/mol. The molecule has 2 aromatic carbocycles. The minimum absolute atomic E-state index is 0.0141. The van der Waals surface area contributed by atoms with Crippen LogP contribution in [-0.4, -0.2) is 12.5 Å². The van der Waals surface area contributed by atoms with E-state index >= 15 is 0 Å². The van der Waals surface area contributed by atoms with E-state index in [4.69, 9.17) is 16.3 Å². The summed E-state index contributed by atoms with van der Waals surface area (Å²) in [7, 11) is 0. The molecule has 3 nitrogen and oxygen atoms in total. The minimum Gasteiger partial charge on any atom is -0.484 e. The van der Waals surface area contributed by atoms with E-state index < -0.39 is 0 Å². The number of benzene rings is 2. The smallest absolute Gasteiger partial charge is 0.258 e. The quantitative estimate of drug-likeness (QED) is 0.785. The lowest BCUT2D eigenvalue weighted by Gasteiger charge is -2.08. The third-order valence-corrected chi connectivity index (χ3v) is 3.72. The van der Waals surface area contributed by atoms with Crippen molar-refractivity contribution >= 4 is 33.4 Å². The van der Waals surface area contributed by atoms with Gasteiger partial charge in [0.2, 0.25) is 0 Å². The molecule has 0 fully saturated rings. The Morgan fingerprint density at radius 2 is 1.86 bits per heavy atom. The molecule has 21 heavy (non-hydrogen) atoms. The number of ether oxygens (including phenoxy) is 1. The van der Waals surface area contributed by atoms with Crippen LogP contribution in [0, 0.1) is 0 Å². The second-order valence-electron chi connectivity index (χ2n) is 4.47. The summed E-state index contributed by atoms with van der Waals surface area (Å²) in [6.07, 6.45) is 0. The maximum absolute atomic E-state index is 11.7. The van der Waals surface area contributed by atoms with Crippen molar-refractivity contribution in [1.29, 1.82) is 0 Å². The number of carbonyl (C=O) groups is 1. The van der Waals surface area contributed by atoms with Gasteiger partial charge in [0.05, 0.1) is 0 Å². The highest BCUT2D eigenvalue weighted by Gasteiger charge is 2.03. The first-order chi connectivity index (χ1) is 10.2. The Kier molecular flexibility index (Phi) is 6.08. The number of hydrogen-bond acceptors (Lipinski definition) is 2. The van der Waals surface area contributed by atoms with Crippen LogP contribution in [0.3, 0.4) is 0 Å². The van der Waals surface area contributed by atoms with Crippen molar-refractivity contribution in [1.82, 2.24) is 5.32 Å². The fraction of sp³-hybridized carbons (Fsp3) is 0.188. The number of carbonyl (C=O) groups excluding carboxylic acids is 1. The Hall–Kier alpha value is -1.52. The van der Waals surface area contributed by atoms with Gasteiger partial charge < -0.3 is 10.1 Å². The second-order valence-corrected chi connectivity index (χ2v) is 5.47.